The molecule has 23 heavy (non-hydrogen) atoms. The Morgan fingerprint density at radius 2 is 1.96 bits per heavy atom. The minimum Gasteiger partial charge on any atom is -0.493 e. The molecule has 6 heteroatoms. The van der Waals surface area contributed by atoms with Gasteiger partial charge in [0.05, 0.1) is 20.3 Å². The van der Waals surface area contributed by atoms with Crippen molar-refractivity contribution in [1.82, 2.24) is 4.90 Å². The topological polar surface area (TPSA) is 60.1 Å². The van der Waals surface area contributed by atoms with Crippen molar-refractivity contribution in [3.05, 3.63) is 23.8 Å². The van der Waals surface area contributed by atoms with Crippen molar-refractivity contribution in [2.24, 2.45) is 10.7 Å². The van der Waals surface area contributed by atoms with E-state index in [1.165, 1.54) is 19.3 Å². The van der Waals surface area contributed by atoms with Crippen LogP contribution in [0, 0.1) is 0 Å². The fraction of sp³-hybridized carbons (Fsp3) is 0.588. The molecule has 0 radical (unpaired) electrons. The van der Waals surface area contributed by atoms with E-state index in [4.69, 9.17) is 15.2 Å². The standard InChI is InChI=1S/C17H27N3O2.HI/c1-3-11-22-15-8-7-14(12-16(15)21-2)13-19-17(18)20-9-5-4-6-10-20;/h7-8,12H,3-6,9-11,13H2,1-2H3,(H2,18,19);1H. The number of methoxy groups -OCH3 is 1. The number of aliphatic imine (C=N–C) groups is 1. The molecule has 0 atom stereocenters. The van der Waals surface area contributed by atoms with Crippen LogP contribution in [0.3, 0.4) is 0 Å². The van der Waals surface area contributed by atoms with Gasteiger partial charge in [0, 0.05) is 13.1 Å². The molecule has 5 nitrogen and oxygen atoms in total. The molecule has 0 saturated carbocycles. The van der Waals surface area contributed by atoms with Crippen LogP contribution in [-0.2, 0) is 6.54 Å². The Kier molecular flexibility index (Phi) is 9.13. The second kappa shape index (κ2) is 10.6. The Labute approximate surface area is 156 Å². The third kappa shape index (κ3) is 6.08. The van der Waals surface area contributed by atoms with Crippen molar-refractivity contribution in [3.63, 3.8) is 0 Å². The van der Waals surface area contributed by atoms with Crippen molar-refractivity contribution in [2.75, 3.05) is 26.8 Å². The first-order chi connectivity index (χ1) is 10.7. The molecule has 2 rings (SSSR count). The molecule has 0 unspecified atom stereocenters. The highest BCUT2D eigenvalue weighted by atomic mass is 127. The molecule has 1 heterocycles. The summed E-state index contributed by atoms with van der Waals surface area (Å²) >= 11 is 0. The van der Waals surface area contributed by atoms with E-state index in [0.717, 1.165) is 36.6 Å². The summed E-state index contributed by atoms with van der Waals surface area (Å²) in [5, 5.41) is 0. The Hall–Kier alpha value is -1.18. The predicted molar refractivity (Wildman–Crippen MR) is 105 cm³/mol. The number of benzene rings is 1. The van der Waals surface area contributed by atoms with Crippen LogP contribution in [-0.4, -0.2) is 37.7 Å². The van der Waals surface area contributed by atoms with E-state index in [-0.39, 0.29) is 24.0 Å². The Morgan fingerprint density at radius 1 is 1.22 bits per heavy atom. The van der Waals surface area contributed by atoms with E-state index in [2.05, 4.69) is 16.8 Å². The summed E-state index contributed by atoms with van der Waals surface area (Å²) in [6.07, 6.45) is 4.67. The van der Waals surface area contributed by atoms with Crippen LogP contribution < -0.4 is 15.2 Å². The normalized spacial score (nSPS) is 15.0. The van der Waals surface area contributed by atoms with Crippen molar-refractivity contribution in [1.29, 1.82) is 0 Å². The summed E-state index contributed by atoms with van der Waals surface area (Å²) in [5.41, 5.74) is 7.15. The lowest BCUT2D eigenvalue weighted by atomic mass is 10.1. The molecule has 0 aromatic heterocycles. The van der Waals surface area contributed by atoms with Gasteiger partial charge in [0.2, 0.25) is 0 Å². The smallest absolute Gasteiger partial charge is 0.191 e. The van der Waals surface area contributed by atoms with Gasteiger partial charge in [-0.3, -0.25) is 0 Å². The zero-order chi connectivity index (χ0) is 15.8. The third-order valence-electron chi connectivity index (χ3n) is 3.79. The molecule has 1 aliphatic heterocycles. The number of guanidine groups is 1. The predicted octanol–water partition coefficient (Wildman–Crippen LogP) is 3.40. The second-order valence-corrected chi connectivity index (χ2v) is 5.56. The Balaban J connectivity index is 0.00000264. The molecular formula is C17H28IN3O2. The maximum absolute atomic E-state index is 6.08. The summed E-state index contributed by atoms with van der Waals surface area (Å²) < 4.78 is 11.1. The van der Waals surface area contributed by atoms with Gasteiger partial charge in [0.15, 0.2) is 17.5 Å². The Morgan fingerprint density at radius 3 is 2.61 bits per heavy atom. The van der Waals surface area contributed by atoms with E-state index in [1.54, 1.807) is 7.11 Å². The number of nitrogens with zero attached hydrogens (tertiary/aromatic N) is 2. The quantitative estimate of drug-likeness (QED) is 0.425. The summed E-state index contributed by atoms with van der Waals surface area (Å²) in [5.74, 6) is 2.17. The number of hydrogen-bond acceptors (Lipinski definition) is 3. The molecule has 0 spiro atoms. The first-order valence-electron chi connectivity index (χ1n) is 8.09. The lowest BCUT2D eigenvalue weighted by Crippen LogP contribution is -2.40. The highest BCUT2D eigenvalue weighted by Gasteiger charge is 2.12. The number of hydrogen-bond donors (Lipinski definition) is 1. The Bertz CT molecular complexity index is 503. The van der Waals surface area contributed by atoms with E-state index in [0.29, 0.717) is 19.1 Å². The third-order valence-corrected chi connectivity index (χ3v) is 3.79. The number of nitrogens with two attached hydrogens (primary N) is 1. The minimum atomic E-state index is 0. The van der Waals surface area contributed by atoms with Gasteiger partial charge in [-0.25, -0.2) is 4.99 Å². The molecule has 130 valence electrons. The molecule has 2 N–H and O–H groups in total. The van der Waals surface area contributed by atoms with Gasteiger partial charge in [-0.1, -0.05) is 13.0 Å². The average molecular weight is 433 g/mol. The largest absolute Gasteiger partial charge is 0.493 e. The van der Waals surface area contributed by atoms with Gasteiger partial charge in [-0.15, -0.1) is 24.0 Å². The lowest BCUT2D eigenvalue weighted by Gasteiger charge is -2.27. The SMILES string of the molecule is CCCOc1ccc(CN=C(N)N2CCCCC2)cc1OC.I. The van der Waals surface area contributed by atoms with Crippen LogP contribution >= 0.6 is 24.0 Å². The zero-order valence-electron chi connectivity index (χ0n) is 14.1. The van der Waals surface area contributed by atoms with Crippen molar-refractivity contribution in [3.8, 4) is 11.5 Å². The monoisotopic (exact) mass is 433 g/mol. The first kappa shape index (κ1) is 19.9. The molecule has 1 aromatic rings. The fourth-order valence-corrected chi connectivity index (χ4v) is 2.54. The van der Waals surface area contributed by atoms with Gasteiger partial charge in [0.25, 0.3) is 0 Å². The fourth-order valence-electron chi connectivity index (χ4n) is 2.54. The number of rotatable bonds is 6. The summed E-state index contributed by atoms with van der Waals surface area (Å²) in [7, 11) is 1.66. The molecule has 1 aromatic carbocycles. The highest BCUT2D eigenvalue weighted by Crippen LogP contribution is 2.28. The first-order valence-corrected chi connectivity index (χ1v) is 8.09. The number of likely N-dealkylation sites (tertiary alicyclic amines) is 1. The van der Waals surface area contributed by atoms with Gasteiger partial charge in [-0.2, -0.15) is 0 Å². The maximum Gasteiger partial charge on any atom is 0.191 e. The van der Waals surface area contributed by atoms with Crippen LogP contribution in [0.4, 0.5) is 0 Å². The summed E-state index contributed by atoms with van der Waals surface area (Å²) in [6, 6.07) is 5.93. The van der Waals surface area contributed by atoms with E-state index >= 15 is 0 Å². The second-order valence-electron chi connectivity index (χ2n) is 5.56. The maximum atomic E-state index is 6.08. The van der Waals surface area contributed by atoms with Gasteiger partial charge in [-0.05, 0) is 43.4 Å². The van der Waals surface area contributed by atoms with Gasteiger partial charge < -0.3 is 20.1 Å². The van der Waals surface area contributed by atoms with E-state index < -0.39 is 0 Å². The zero-order valence-corrected chi connectivity index (χ0v) is 16.4. The number of ether oxygens (including phenoxy) is 2. The summed E-state index contributed by atoms with van der Waals surface area (Å²) in [6.45, 7) is 5.37. The van der Waals surface area contributed by atoms with Crippen LogP contribution in [0.2, 0.25) is 0 Å². The summed E-state index contributed by atoms with van der Waals surface area (Å²) in [4.78, 5) is 6.68. The van der Waals surface area contributed by atoms with Gasteiger partial charge >= 0.3 is 0 Å². The van der Waals surface area contributed by atoms with Crippen LogP contribution in [0.15, 0.2) is 23.2 Å². The van der Waals surface area contributed by atoms with Crippen molar-refractivity contribution < 1.29 is 9.47 Å². The van der Waals surface area contributed by atoms with E-state index in [1.807, 2.05) is 18.2 Å². The molecule has 1 saturated heterocycles. The molecule has 0 amide bonds. The van der Waals surface area contributed by atoms with Crippen LogP contribution in [0.5, 0.6) is 11.5 Å². The number of piperidine rings is 1. The van der Waals surface area contributed by atoms with Crippen LogP contribution in [0.1, 0.15) is 38.2 Å². The molecule has 0 bridgehead atoms. The molecule has 1 fully saturated rings. The van der Waals surface area contributed by atoms with Gasteiger partial charge in [0.1, 0.15) is 0 Å². The van der Waals surface area contributed by atoms with Crippen LogP contribution in [0.25, 0.3) is 0 Å². The van der Waals surface area contributed by atoms with Crippen molar-refractivity contribution >= 4 is 29.9 Å². The van der Waals surface area contributed by atoms with E-state index in [9.17, 15) is 0 Å². The molecular weight excluding hydrogens is 405 g/mol. The molecule has 1 aliphatic rings. The number of halogens is 1. The van der Waals surface area contributed by atoms with Crippen molar-refractivity contribution in [2.45, 2.75) is 39.2 Å². The highest BCUT2D eigenvalue weighted by molar-refractivity contribution is 14.0. The average Bonchev–Trinajstić information content (AvgIpc) is 2.58. The lowest BCUT2D eigenvalue weighted by molar-refractivity contribution is 0.294. The molecule has 0 aliphatic carbocycles. The minimum absolute atomic E-state index is 0.